The minimum atomic E-state index is 0.806. The van der Waals surface area contributed by atoms with Crippen LogP contribution in [0.3, 0.4) is 0 Å². The van der Waals surface area contributed by atoms with Crippen LogP contribution in [0.5, 0.6) is 0 Å². The van der Waals surface area contributed by atoms with Gasteiger partial charge >= 0.3 is 0 Å². The van der Waals surface area contributed by atoms with Gasteiger partial charge < -0.3 is 18.6 Å². The number of anilines is 6. The number of para-hydroxylation sites is 5. The number of nitrogens with zero attached hydrogens (tertiary/aromatic N) is 2. The third-order valence-corrected chi connectivity index (χ3v) is 20.6. The van der Waals surface area contributed by atoms with Crippen molar-refractivity contribution in [2.45, 2.75) is 0 Å². The third kappa shape index (κ3) is 9.37. The van der Waals surface area contributed by atoms with Crippen molar-refractivity contribution in [1.29, 1.82) is 0 Å². The van der Waals surface area contributed by atoms with Gasteiger partial charge in [0.05, 0.1) is 28.4 Å². The van der Waals surface area contributed by atoms with Crippen molar-refractivity contribution in [3.05, 3.63) is 364 Å². The van der Waals surface area contributed by atoms with Gasteiger partial charge in [0, 0.05) is 49.5 Å². The lowest BCUT2D eigenvalue weighted by Crippen LogP contribution is -2.13. The van der Waals surface area contributed by atoms with Crippen molar-refractivity contribution in [1.82, 2.24) is 0 Å². The highest BCUT2D eigenvalue weighted by atomic mass is 16.3. The molecule has 4 heteroatoms. The van der Waals surface area contributed by atoms with Gasteiger partial charge in [0.2, 0.25) is 0 Å². The summed E-state index contributed by atoms with van der Waals surface area (Å²) in [5, 5.41) is 18.6. The molecule has 0 bridgehead atoms. The van der Waals surface area contributed by atoms with Gasteiger partial charge in [-0.25, -0.2) is 0 Å². The lowest BCUT2D eigenvalue weighted by molar-refractivity contribution is 0.668. The lowest BCUT2D eigenvalue weighted by Gasteiger charge is -2.30. The molecule has 0 aliphatic heterocycles. The summed E-state index contributed by atoms with van der Waals surface area (Å²) in [5.41, 5.74) is 20.4. The van der Waals surface area contributed by atoms with E-state index in [2.05, 4.69) is 374 Å². The Morgan fingerprint density at radius 2 is 0.600 bits per heavy atom. The standard InChI is InChI=1S/C96H60N2O2/c1-3-24-63-54-69(46-44-61(63)22-1)74-30-13-17-39-88(74)97(90-41-19-15-36-80(90)84-57-67-26-5-7-28-72(67)76-32-9-11-34-78(76)84)71-50-53-94-87(60-71)82-51-48-66(59-95(82)99-94)65-49-52-91(86(56-65)85-58-68-27-6-8-29-73(68)77-33-10-12-35-79(77)85)98(92-42-21-38-83-81-37-16-20-43-93(81)100-96(83)92)89-40-18-14-31-75(89)70-47-45-62-23-2-4-25-64(62)55-70/h1-60H. The normalized spacial score (nSPS) is 11.8. The van der Waals surface area contributed by atoms with E-state index in [-0.39, 0.29) is 0 Å². The van der Waals surface area contributed by atoms with E-state index in [0.29, 0.717) is 0 Å². The van der Waals surface area contributed by atoms with Gasteiger partial charge in [-0.2, -0.15) is 0 Å². The van der Waals surface area contributed by atoms with Gasteiger partial charge in [-0.05, 0) is 195 Å². The quantitative estimate of drug-likeness (QED) is 0.121. The first-order chi connectivity index (χ1) is 49.6. The Kier molecular flexibility index (Phi) is 13.2. The molecule has 0 fully saturated rings. The fourth-order valence-electron chi connectivity index (χ4n) is 15.9. The maximum absolute atomic E-state index is 7.09. The highest BCUT2D eigenvalue weighted by molar-refractivity contribution is 6.19. The second-order valence-corrected chi connectivity index (χ2v) is 26.2. The summed E-state index contributed by atoms with van der Waals surface area (Å²) in [5.74, 6) is 0. The smallest absolute Gasteiger partial charge is 0.159 e. The number of fused-ring (bicyclic) bond motifs is 14. The van der Waals surface area contributed by atoms with Gasteiger partial charge in [-0.3, -0.25) is 0 Å². The van der Waals surface area contributed by atoms with Gasteiger partial charge in [-0.15, -0.1) is 0 Å². The largest absolute Gasteiger partial charge is 0.456 e. The zero-order chi connectivity index (χ0) is 65.8. The van der Waals surface area contributed by atoms with Crippen LogP contribution in [-0.4, -0.2) is 0 Å². The van der Waals surface area contributed by atoms with Crippen LogP contribution in [0.2, 0.25) is 0 Å². The molecule has 0 N–H and O–H groups in total. The van der Waals surface area contributed by atoms with E-state index in [1.54, 1.807) is 0 Å². The summed E-state index contributed by atoms with van der Waals surface area (Å²) >= 11 is 0. The van der Waals surface area contributed by atoms with Gasteiger partial charge in [0.1, 0.15) is 16.7 Å². The van der Waals surface area contributed by atoms with E-state index in [0.717, 1.165) is 133 Å². The second kappa shape index (κ2) is 23.2. The molecule has 0 aliphatic rings. The van der Waals surface area contributed by atoms with Crippen LogP contribution in [0.25, 0.3) is 164 Å². The summed E-state index contributed by atoms with van der Waals surface area (Å²) in [7, 11) is 0. The number of furan rings is 2. The first kappa shape index (κ1) is 57.0. The molecule has 0 atom stereocenters. The minimum absolute atomic E-state index is 0.806. The van der Waals surface area contributed by atoms with Crippen molar-refractivity contribution in [3.8, 4) is 55.6 Å². The van der Waals surface area contributed by atoms with Gasteiger partial charge in [0.25, 0.3) is 0 Å². The van der Waals surface area contributed by atoms with Crippen LogP contribution in [-0.2, 0) is 0 Å². The van der Waals surface area contributed by atoms with Crippen molar-refractivity contribution in [2.24, 2.45) is 0 Å². The molecule has 0 aliphatic carbocycles. The highest BCUT2D eigenvalue weighted by Gasteiger charge is 2.28. The van der Waals surface area contributed by atoms with Gasteiger partial charge in [0.15, 0.2) is 5.58 Å². The van der Waals surface area contributed by atoms with E-state index >= 15 is 0 Å². The number of hydrogen-bond acceptors (Lipinski definition) is 4. The summed E-state index contributed by atoms with van der Waals surface area (Å²) in [6, 6.07) is 133. The molecule has 100 heavy (non-hydrogen) atoms. The summed E-state index contributed by atoms with van der Waals surface area (Å²) in [6.07, 6.45) is 0. The molecule has 4 nitrogen and oxygen atoms in total. The monoisotopic (exact) mass is 1270 g/mol. The molecule has 18 aromatic carbocycles. The Labute approximate surface area is 577 Å². The highest BCUT2D eigenvalue weighted by Crippen LogP contribution is 2.53. The van der Waals surface area contributed by atoms with Crippen molar-refractivity contribution < 1.29 is 8.83 Å². The third-order valence-electron chi connectivity index (χ3n) is 20.6. The Bertz CT molecular complexity index is 6710. The fourth-order valence-corrected chi connectivity index (χ4v) is 15.9. The van der Waals surface area contributed by atoms with Crippen LogP contribution in [0.1, 0.15) is 0 Å². The Hall–Kier alpha value is -13.3. The van der Waals surface area contributed by atoms with Crippen LogP contribution >= 0.6 is 0 Å². The van der Waals surface area contributed by atoms with Crippen molar-refractivity contribution in [2.75, 3.05) is 9.80 Å². The molecule has 0 radical (unpaired) electrons. The summed E-state index contributed by atoms with van der Waals surface area (Å²) < 4.78 is 14.1. The molecule has 0 unspecified atom stereocenters. The molecule has 0 spiro atoms. The van der Waals surface area contributed by atoms with Gasteiger partial charge in [-0.1, -0.05) is 267 Å². The van der Waals surface area contributed by atoms with Crippen molar-refractivity contribution >= 4 is 143 Å². The minimum Gasteiger partial charge on any atom is -0.456 e. The second-order valence-electron chi connectivity index (χ2n) is 26.2. The lowest BCUT2D eigenvalue weighted by atomic mass is 9.89. The predicted molar refractivity (Wildman–Crippen MR) is 423 cm³/mol. The topological polar surface area (TPSA) is 32.8 Å². The number of benzene rings is 18. The molecule has 2 aromatic heterocycles. The Morgan fingerprint density at radius 1 is 0.170 bits per heavy atom. The number of rotatable bonds is 11. The molecule has 0 saturated heterocycles. The zero-order valence-electron chi connectivity index (χ0n) is 54.4. The SMILES string of the molecule is c1ccc(N(c2ccc3oc4cc(-c5ccc(N(c6ccccc6-c6ccc7ccccc7c6)c6cccc7c6oc6ccccc67)c(-c6cc7ccccc7c7ccccc67)c5)ccc4c3c2)c2ccccc2-c2cc3ccccc3c3ccccc23)c(-c2ccc3ccccc3c2)c1. The molecular weight excluding hydrogens is 1210 g/mol. The van der Waals surface area contributed by atoms with Crippen molar-refractivity contribution in [3.63, 3.8) is 0 Å². The van der Waals surface area contributed by atoms with Crippen LogP contribution in [0.15, 0.2) is 373 Å². The Balaban J connectivity index is 0.786. The van der Waals surface area contributed by atoms with E-state index in [9.17, 15) is 0 Å². The van der Waals surface area contributed by atoms with Crippen LogP contribution in [0, 0.1) is 0 Å². The maximum Gasteiger partial charge on any atom is 0.159 e. The molecule has 20 aromatic rings. The molecule has 466 valence electrons. The first-order valence-corrected chi connectivity index (χ1v) is 34.3. The Morgan fingerprint density at radius 3 is 1.24 bits per heavy atom. The maximum atomic E-state index is 7.09. The fraction of sp³-hybridized carbons (Fsp3) is 0. The van der Waals surface area contributed by atoms with Crippen LogP contribution in [0.4, 0.5) is 34.1 Å². The van der Waals surface area contributed by atoms with Crippen LogP contribution < -0.4 is 9.80 Å². The van der Waals surface area contributed by atoms with E-state index < -0.39 is 0 Å². The van der Waals surface area contributed by atoms with E-state index in [1.165, 1.54) is 64.8 Å². The number of hydrogen-bond donors (Lipinski definition) is 0. The summed E-state index contributed by atoms with van der Waals surface area (Å²) in [4.78, 5) is 4.92. The molecule has 20 rings (SSSR count). The average molecular weight is 1270 g/mol. The van der Waals surface area contributed by atoms with E-state index in [1.807, 2.05) is 0 Å². The molecule has 0 amide bonds. The molecular formula is C96H60N2O2. The predicted octanol–water partition coefficient (Wildman–Crippen LogP) is 27.7. The molecule has 0 saturated carbocycles. The van der Waals surface area contributed by atoms with E-state index in [4.69, 9.17) is 8.83 Å². The summed E-state index contributed by atoms with van der Waals surface area (Å²) in [6.45, 7) is 0. The molecule has 2 heterocycles. The average Bonchev–Trinajstić information content (AvgIpc) is 1.21. The zero-order valence-corrected chi connectivity index (χ0v) is 54.4. The first-order valence-electron chi connectivity index (χ1n) is 34.3.